The highest BCUT2D eigenvalue weighted by Gasteiger charge is 2.21. The van der Waals surface area contributed by atoms with Crippen molar-refractivity contribution < 1.29 is 9.47 Å². The van der Waals surface area contributed by atoms with E-state index in [-0.39, 0.29) is 5.38 Å². The van der Waals surface area contributed by atoms with E-state index in [0.717, 1.165) is 11.5 Å². The van der Waals surface area contributed by atoms with Crippen molar-refractivity contribution in [3.05, 3.63) is 23.8 Å². The number of alkyl halides is 1. The van der Waals surface area contributed by atoms with E-state index >= 15 is 0 Å². The molecule has 3 heteroatoms. The summed E-state index contributed by atoms with van der Waals surface area (Å²) < 4.78 is 11.1. The van der Waals surface area contributed by atoms with Crippen molar-refractivity contribution >= 4 is 11.6 Å². The van der Waals surface area contributed by atoms with Crippen LogP contribution in [-0.2, 0) is 0 Å². The van der Waals surface area contributed by atoms with Crippen molar-refractivity contribution in [1.82, 2.24) is 0 Å². The standard InChI is InChI=1S/C14H19ClO2/c1-9(2)14(15)10(3)11-4-5-12-13(8-11)17-7-6-16-12/h4-5,8-10,14H,6-7H2,1-3H3. The Kier molecular flexibility index (Phi) is 3.82. The SMILES string of the molecule is CC(C)C(Cl)C(C)c1ccc2c(c1)OCCO2. The van der Waals surface area contributed by atoms with E-state index in [1.165, 1.54) is 5.56 Å². The quantitative estimate of drug-likeness (QED) is 0.764. The molecule has 0 spiro atoms. The molecular weight excluding hydrogens is 236 g/mol. The first-order valence-electron chi connectivity index (χ1n) is 6.13. The molecule has 2 nitrogen and oxygen atoms in total. The summed E-state index contributed by atoms with van der Waals surface area (Å²) in [5, 5.41) is 0.137. The minimum Gasteiger partial charge on any atom is -0.486 e. The summed E-state index contributed by atoms with van der Waals surface area (Å²) in [5.74, 6) is 2.45. The number of ether oxygens (including phenoxy) is 2. The van der Waals surface area contributed by atoms with Crippen molar-refractivity contribution in [2.24, 2.45) is 5.92 Å². The van der Waals surface area contributed by atoms with E-state index in [0.29, 0.717) is 25.0 Å². The first kappa shape index (κ1) is 12.6. The van der Waals surface area contributed by atoms with Crippen molar-refractivity contribution in [2.45, 2.75) is 32.1 Å². The fourth-order valence-electron chi connectivity index (χ4n) is 2.10. The van der Waals surface area contributed by atoms with Crippen LogP contribution in [0.3, 0.4) is 0 Å². The topological polar surface area (TPSA) is 18.5 Å². The number of hydrogen-bond donors (Lipinski definition) is 0. The third kappa shape index (κ3) is 2.68. The molecule has 0 radical (unpaired) electrons. The van der Waals surface area contributed by atoms with Gasteiger partial charge in [-0.15, -0.1) is 11.6 Å². The summed E-state index contributed by atoms with van der Waals surface area (Å²) in [6.45, 7) is 7.70. The summed E-state index contributed by atoms with van der Waals surface area (Å²) >= 11 is 6.41. The van der Waals surface area contributed by atoms with Crippen LogP contribution < -0.4 is 9.47 Å². The van der Waals surface area contributed by atoms with Crippen LogP contribution in [0, 0.1) is 5.92 Å². The molecule has 17 heavy (non-hydrogen) atoms. The molecule has 0 amide bonds. The Morgan fingerprint density at radius 3 is 2.35 bits per heavy atom. The van der Waals surface area contributed by atoms with Gasteiger partial charge in [0.25, 0.3) is 0 Å². The minimum absolute atomic E-state index is 0.137. The Labute approximate surface area is 108 Å². The molecule has 0 aliphatic carbocycles. The van der Waals surface area contributed by atoms with Gasteiger partial charge in [-0.25, -0.2) is 0 Å². The van der Waals surface area contributed by atoms with Gasteiger partial charge in [0.05, 0.1) is 0 Å². The van der Waals surface area contributed by atoms with Gasteiger partial charge in [-0.1, -0.05) is 26.8 Å². The van der Waals surface area contributed by atoms with Gasteiger partial charge in [0, 0.05) is 5.38 Å². The van der Waals surface area contributed by atoms with E-state index < -0.39 is 0 Å². The smallest absolute Gasteiger partial charge is 0.161 e. The lowest BCUT2D eigenvalue weighted by Crippen LogP contribution is -2.18. The molecule has 2 atom stereocenters. The van der Waals surface area contributed by atoms with Crippen LogP contribution in [0.2, 0.25) is 0 Å². The largest absolute Gasteiger partial charge is 0.486 e. The van der Waals surface area contributed by atoms with E-state index in [1.807, 2.05) is 6.07 Å². The summed E-state index contributed by atoms with van der Waals surface area (Å²) in [6.07, 6.45) is 0. The number of rotatable bonds is 3. The predicted octanol–water partition coefficient (Wildman–Crippen LogP) is 3.82. The van der Waals surface area contributed by atoms with Crippen LogP contribution in [0.25, 0.3) is 0 Å². The number of fused-ring (bicyclic) bond motifs is 1. The van der Waals surface area contributed by atoms with Gasteiger partial charge in [-0.3, -0.25) is 0 Å². The lowest BCUT2D eigenvalue weighted by atomic mass is 9.91. The zero-order valence-corrected chi connectivity index (χ0v) is 11.3. The van der Waals surface area contributed by atoms with Gasteiger partial charge in [-0.05, 0) is 29.5 Å². The monoisotopic (exact) mass is 254 g/mol. The third-order valence-electron chi connectivity index (χ3n) is 3.21. The van der Waals surface area contributed by atoms with Crippen LogP contribution in [0.1, 0.15) is 32.3 Å². The summed E-state index contributed by atoms with van der Waals surface area (Å²) in [4.78, 5) is 0. The van der Waals surface area contributed by atoms with Crippen LogP contribution in [0.15, 0.2) is 18.2 Å². The highest BCUT2D eigenvalue weighted by molar-refractivity contribution is 6.21. The Hall–Kier alpha value is -0.890. The average Bonchev–Trinajstić information content (AvgIpc) is 2.36. The molecule has 2 unspecified atom stereocenters. The summed E-state index contributed by atoms with van der Waals surface area (Å²) in [5.41, 5.74) is 1.21. The second kappa shape index (κ2) is 5.18. The van der Waals surface area contributed by atoms with Gasteiger partial charge in [-0.2, -0.15) is 0 Å². The van der Waals surface area contributed by atoms with Crippen LogP contribution >= 0.6 is 11.6 Å². The second-order valence-corrected chi connectivity index (χ2v) is 5.38. The summed E-state index contributed by atoms with van der Waals surface area (Å²) in [7, 11) is 0. The van der Waals surface area contributed by atoms with Crippen LogP contribution in [-0.4, -0.2) is 18.6 Å². The molecule has 0 fully saturated rings. The van der Waals surface area contributed by atoms with Gasteiger partial charge in [0.1, 0.15) is 13.2 Å². The van der Waals surface area contributed by atoms with Crippen molar-refractivity contribution in [1.29, 1.82) is 0 Å². The van der Waals surface area contributed by atoms with Gasteiger partial charge in [0.2, 0.25) is 0 Å². The van der Waals surface area contributed by atoms with Crippen molar-refractivity contribution in [2.75, 3.05) is 13.2 Å². The highest BCUT2D eigenvalue weighted by Crippen LogP contribution is 2.36. The lowest BCUT2D eigenvalue weighted by Gasteiger charge is -2.24. The molecule has 2 rings (SSSR count). The zero-order valence-electron chi connectivity index (χ0n) is 10.6. The number of halogens is 1. The first-order valence-corrected chi connectivity index (χ1v) is 6.57. The molecule has 0 saturated carbocycles. The average molecular weight is 255 g/mol. The Morgan fingerprint density at radius 2 is 1.71 bits per heavy atom. The Balaban J connectivity index is 2.21. The van der Waals surface area contributed by atoms with Crippen molar-refractivity contribution in [3.63, 3.8) is 0 Å². The zero-order chi connectivity index (χ0) is 12.4. The molecule has 94 valence electrons. The molecule has 0 N–H and O–H groups in total. The molecule has 0 bridgehead atoms. The van der Waals surface area contributed by atoms with E-state index in [1.54, 1.807) is 0 Å². The van der Waals surface area contributed by atoms with E-state index in [9.17, 15) is 0 Å². The Morgan fingerprint density at radius 1 is 1.06 bits per heavy atom. The molecule has 1 heterocycles. The maximum atomic E-state index is 6.41. The lowest BCUT2D eigenvalue weighted by molar-refractivity contribution is 0.171. The highest BCUT2D eigenvalue weighted by atomic mass is 35.5. The maximum absolute atomic E-state index is 6.41. The van der Waals surface area contributed by atoms with E-state index in [2.05, 4.69) is 32.9 Å². The summed E-state index contributed by atoms with van der Waals surface area (Å²) in [6, 6.07) is 6.11. The fourth-order valence-corrected chi connectivity index (χ4v) is 2.25. The van der Waals surface area contributed by atoms with Crippen LogP contribution in [0.5, 0.6) is 11.5 Å². The molecule has 0 saturated heterocycles. The Bertz CT molecular complexity index is 390. The first-order chi connectivity index (χ1) is 8.09. The molecule has 0 aromatic heterocycles. The normalized spacial score (nSPS) is 17.9. The minimum atomic E-state index is 0.137. The van der Waals surface area contributed by atoms with Crippen molar-refractivity contribution in [3.8, 4) is 11.5 Å². The van der Waals surface area contributed by atoms with E-state index in [4.69, 9.17) is 21.1 Å². The van der Waals surface area contributed by atoms with Crippen LogP contribution in [0.4, 0.5) is 0 Å². The number of benzene rings is 1. The van der Waals surface area contributed by atoms with Gasteiger partial charge < -0.3 is 9.47 Å². The predicted molar refractivity (Wildman–Crippen MR) is 70.3 cm³/mol. The third-order valence-corrected chi connectivity index (χ3v) is 4.09. The molecule has 1 aliphatic rings. The van der Waals surface area contributed by atoms with Gasteiger partial charge in [0.15, 0.2) is 11.5 Å². The molecule has 1 aromatic carbocycles. The fraction of sp³-hybridized carbons (Fsp3) is 0.571. The number of hydrogen-bond acceptors (Lipinski definition) is 2. The molecule has 1 aliphatic heterocycles. The molecule has 1 aromatic rings. The molecular formula is C14H19ClO2. The maximum Gasteiger partial charge on any atom is 0.161 e. The van der Waals surface area contributed by atoms with Gasteiger partial charge >= 0.3 is 0 Å². The second-order valence-electron chi connectivity index (χ2n) is 4.88.